The number of piperazine rings is 1. The zero-order valence-electron chi connectivity index (χ0n) is 18.1. The highest BCUT2D eigenvalue weighted by atomic mass is 16.6. The van der Waals surface area contributed by atoms with Crippen molar-refractivity contribution >= 4 is 6.09 Å². The summed E-state index contributed by atoms with van der Waals surface area (Å²) in [6.45, 7) is 11.9. The zero-order chi connectivity index (χ0) is 21.0. The highest BCUT2D eigenvalue weighted by Gasteiger charge is 2.30. The summed E-state index contributed by atoms with van der Waals surface area (Å²) in [6, 6.07) is 17.5. The van der Waals surface area contributed by atoms with E-state index in [4.69, 9.17) is 4.74 Å². The molecular weight excluding hydrogens is 362 g/mol. The van der Waals surface area contributed by atoms with Crippen LogP contribution in [0, 0.1) is 0 Å². The van der Waals surface area contributed by atoms with Gasteiger partial charge in [-0.1, -0.05) is 36.4 Å². The fraction of sp³-hybridized carbons (Fsp3) is 0.458. The number of nitrogens with zero attached hydrogens (tertiary/aromatic N) is 2. The Hall–Kier alpha value is -2.37. The molecule has 1 heterocycles. The van der Waals surface area contributed by atoms with Gasteiger partial charge in [0.15, 0.2) is 0 Å². The summed E-state index contributed by atoms with van der Waals surface area (Å²) in [6.07, 6.45) is -0.211. The summed E-state index contributed by atoms with van der Waals surface area (Å²) >= 11 is 0. The van der Waals surface area contributed by atoms with Gasteiger partial charge in [-0.2, -0.15) is 0 Å². The van der Waals surface area contributed by atoms with E-state index in [1.165, 1.54) is 22.3 Å². The first kappa shape index (κ1) is 21.3. The molecule has 1 aliphatic heterocycles. The van der Waals surface area contributed by atoms with Crippen molar-refractivity contribution in [2.45, 2.75) is 52.4 Å². The molecule has 1 fully saturated rings. The first-order valence-corrected chi connectivity index (χ1v) is 10.4. The number of benzene rings is 2. The van der Waals surface area contributed by atoms with Gasteiger partial charge in [-0.25, -0.2) is 4.79 Å². The van der Waals surface area contributed by atoms with E-state index >= 15 is 0 Å². The zero-order valence-corrected chi connectivity index (χ0v) is 18.1. The molecule has 0 spiro atoms. The van der Waals surface area contributed by atoms with Crippen LogP contribution in [0.3, 0.4) is 0 Å². The smallest absolute Gasteiger partial charge is 0.410 e. The van der Waals surface area contributed by atoms with Crippen LogP contribution >= 0.6 is 0 Å². The monoisotopic (exact) mass is 396 g/mol. The van der Waals surface area contributed by atoms with Crippen LogP contribution in [-0.4, -0.2) is 47.2 Å². The van der Waals surface area contributed by atoms with E-state index in [2.05, 4.69) is 66.1 Å². The van der Waals surface area contributed by atoms with Crippen molar-refractivity contribution in [2.24, 2.45) is 0 Å². The van der Waals surface area contributed by atoms with Crippen molar-refractivity contribution in [1.82, 2.24) is 9.80 Å². The van der Waals surface area contributed by atoms with E-state index in [0.717, 1.165) is 26.2 Å². The maximum Gasteiger partial charge on any atom is 0.410 e. The van der Waals surface area contributed by atoms with Crippen molar-refractivity contribution in [3.63, 3.8) is 0 Å². The van der Waals surface area contributed by atoms with Crippen molar-refractivity contribution in [2.75, 3.05) is 19.6 Å². The van der Waals surface area contributed by atoms with Crippen molar-refractivity contribution in [3.8, 4) is 11.1 Å². The number of hydrogen-bond donors (Lipinski definition) is 1. The third-order valence-corrected chi connectivity index (χ3v) is 5.22. The minimum atomic E-state index is -0.459. The summed E-state index contributed by atoms with van der Waals surface area (Å²) < 4.78 is 5.55. The van der Waals surface area contributed by atoms with Crippen LogP contribution in [-0.2, 0) is 17.8 Å². The lowest BCUT2D eigenvalue weighted by Gasteiger charge is -2.40. The Bertz CT molecular complexity index is 844. The van der Waals surface area contributed by atoms with Gasteiger partial charge in [-0.15, -0.1) is 0 Å². The molecule has 1 saturated heterocycles. The Balaban J connectivity index is 1.64. The summed E-state index contributed by atoms with van der Waals surface area (Å²) in [5.41, 5.74) is 8.54. The first-order chi connectivity index (χ1) is 13.7. The molecule has 0 unspecified atom stereocenters. The largest absolute Gasteiger partial charge is 0.444 e. The van der Waals surface area contributed by atoms with Crippen molar-refractivity contribution in [1.29, 1.82) is 0 Å². The topological polar surface area (TPSA) is 60.4 Å². The standard InChI is InChI=1S/C24H33N3O2/c1-18-16-26(11-12-27(18)23(28)29-24(2,3)4)17-20-8-6-10-22(14-20)21-9-5-7-19(13-21)15-25/h5-10,13-14,18H,11-12,15-17,25H2,1-4H3/p+1/t18-/m0/s1. The quantitative estimate of drug-likeness (QED) is 0.860. The molecule has 0 saturated carbocycles. The molecule has 0 bridgehead atoms. The molecule has 2 aromatic rings. The van der Waals surface area contributed by atoms with Gasteiger partial charge >= 0.3 is 6.09 Å². The number of carbonyl (C=O) groups excluding carboxylic acids is 1. The van der Waals surface area contributed by atoms with Gasteiger partial charge in [0.25, 0.3) is 0 Å². The molecule has 1 aliphatic rings. The van der Waals surface area contributed by atoms with E-state index in [1.54, 1.807) is 0 Å². The molecule has 5 heteroatoms. The van der Waals surface area contributed by atoms with Crippen LogP contribution in [0.25, 0.3) is 11.1 Å². The minimum absolute atomic E-state index is 0.135. The second-order valence-electron chi connectivity index (χ2n) is 8.91. The Morgan fingerprint density at radius 3 is 2.28 bits per heavy atom. The fourth-order valence-corrected chi connectivity index (χ4v) is 3.78. The predicted molar refractivity (Wildman–Crippen MR) is 116 cm³/mol. The van der Waals surface area contributed by atoms with E-state index in [1.807, 2.05) is 25.7 Å². The first-order valence-electron chi connectivity index (χ1n) is 10.4. The SMILES string of the molecule is C[C@H]1CN(Cc2cccc(-c3cccc(C[NH3+])c3)c2)CCN1C(=O)OC(C)(C)C. The number of amides is 1. The summed E-state index contributed by atoms with van der Waals surface area (Å²) in [5, 5.41) is 0. The number of carbonyl (C=O) groups is 1. The second kappa shape index (κ2) is 8.97. The average Bonchev–Trinajstić information content (AvgIpc) is 2.67. The normalized spacial score (nSPS) is 18.0. The molecule has 1 amide bonds. The lowest BCUT2D eigenvalue weighted by atomic mass is 10.0. The van der Waals surface area contributed by atoms with Crippen LogP contribution in [0.2, 0.25) is 0 Å². The lowest BCUT2D eigenvalue weighted by Crippen LogP contribution is -2.54. The predicted octanol–water partition coefficient (Wildman–Crippen LogP) is 3.54. The van der Waals surface area contributed by atoms with Gasteiger partial charge in [-0.05, 0) is 56.5 Å². The van der Waals surface area contributed by atoms with Crippen molar-refractivity contribution < 1.29 is 15.3 Å². The Morgan fingerprint density at radius 2 is 1.69 bits per heavy atom. The molecule has 29 heavy (non-hydrogen) atoms. The van der Waals surface area contributed by atoms with Crippen LogP contribution in [0.1, 0.15) is 38.8 Å². The van der Waals surface area contributed by atoms with Crippen LogP contribution in [0.4, 0.5) is 4.79 Å². The van der Waals surface area contributed by atoms with Gasteiger partial charge in [0.05, 0.1) is 6.54 Å². The highest BCUT2D eigenvalue weighted by molar-refractivity contribution is 5.68. The van der Waals surface area contributed by atoms with E-state index in [9.17, 15) is 4.79 Å². The summed E-state index contributed by atoms with van der Waals surface area (Å²) in [4.78, 5) is 16.7. The van der Waals surface area contributed by atoms with E-state index < -0.39 is 5.60 Å². The molecule has 5 nitrogen and oxygen atoms in total. The number of ether oxygens (including phenoxy) is 1. The Kier molecular flexibility index (Phi) is 6.60. The van der Waals surface area contributed by atoms with Crippen LogP contribution < -0.4 is 5.73 Å². The molecule has 3 rings (SSSR count). The maximum absolute atomic E-state index is 12.4. The molecule has 2 aromatic carbocycles. The number of hydrogen-bond acceptors (Lipinski definition) is 3. The van der Waals surface area contributed by atoms with Gasteiger partial charge in [0, 0.05) is 37.8 Å². The molecule has 0 radical (unpaired) electrons. The van der Waals surface area contributed by atoms with Crippen molar-refractivity contribution in [3.05, 3.63) is 59.7 Å². The van der Waals surface area contributed by atoms with Gasteiger partial charge < -0.3 is 15.4 Å². The third kappa shape index (κ3) is 5.81. The maximum atomic E-state index is 12.4. The molecular formula is C24H34N3O2+. The molecule has 0 aromatic heterocycles. The lowest BCUT2D eigenvalue weighted by molar-refractivity contribution is -0.386. The average molecular weight is 397 g/mol. The third-order valence-electron chi connectivity index (χ3n) is 5.22. The van der Waals surface area contributed by atoms with Gasteiger partial charge in [0.1, 0.15) is 5.60 Å². The molecule has 3 N–H and O–H groups in total. The minimum Gasteiger partial charge on any atom is -0.444 e. The van der Waals surface area contributed by atoms with Crippen LogP contribution in [0.5, 0.6) is 0 Å². The Morgan fingerprint density at radius 1 is 1.07 bits per heavy atom. The summed E-state index contributed by atoms with van der Waals surface area (Å²) in [5.74, 6) is 0. The second-order valence-corrected chi connectivity index (χ2v) is 8.91. The van der Waals surface area contributed by atoms with E-state index in [0.29, 0.717) is 6.54 Å². The van der Waals surface area contributed by atoms with Gasteiger partial charge in [-0.3, -0.25) is 4.90 Å². The summed E-state index contributed by atoms with van der Waals surface area (Å²) in [7, 11) is 0. The molecule has 156 valence electrons. The van der Waals surface area contributed by atoms with E-state index in [-0.39, 0.29) is 12.1 Å². The Labute approximate surface area is 174 Å². The molecule has 0 aliphatic carbocycles. The number of rotatable bonds is 4. The van der Waals surface area contributed by atoms with Gasteiger partial charge in [0.2, 0.25) is 0 Å². The van der Waals surface area contributed by atoms with Crippen LogP contribution in [0.15, 0.2) is 48.5 Å². The number of quaternary nitrogens is 1. The highest BCUT2D eigenvalue weighted by Crippen LogP contribution is 2.23. The molecule has 1 atom stereocenters. The fourth-order valence-electron chi connectivity index (χ4n) is 3.78.